The lowest BCUT2D eigenvalue weighted by Gasteiger charge is -2.41. The highest BCUT2D eigenvalue weighted by atomic mass is 127. The molecular weight excluding hydrogens is 401 g/mol. The fraction of sp³-hybridized carbons (Fsp3) is 0.632. The van der Waals surface area contributed by atoms with Crippen LogP contribution in [0.4, 0.5) is 0 Å². The predicted molar refractivity (Wildman–Crippen MR) is 101 cm³/mol. The fourth-order valence-corrected chi connectivity index (χ4v) is 5.67. The second kappa shape index (κ2) is 6.71. The highest BCUT2D eigenvalue weighted by Crippen LogP contribution is 2.47. The van der Waals surface area contributed by atoms with Crippen LogP contribution in [-0.2, 0) is 9.53 Å². The van der Waals surface area contributed by atoms with Crippen LogP contribution in [0.15, 0.2) is 18.2 Å². The van der Waals surface area contributed by atoms with Gasteiger partial charge in [-0.25, -0.2) is 0 Å². The van der Waals surface area contributed by atoms with Gasteiger partial charge in [0.2, 0.25) is 0 Å². The van der Waals surface area contributed by atoms with E-state index in [-0.39, 0.29) is 17.8 Å². The highest BCUT2D eigenvalue weighted by molar-refractivity contribution is 14.1. The molecule has 3 nitrogen and oxygen atoms in total. The first-order valence-corrected chi connectivity index (χ1v) is 9.61. The normalized spacial score (nSPS) is 30.7. The van der Waals surface area contributed by atoms with Crippen molar-refractivity contribution in [1.82, 2.24) is 4.90 Å². The molecule has 4 atom stereocenters. The third-order valence-electron chi connectivity index (χ3n) is 5.82. The number of ether oxygens (including phenoxy) is 1. The summed E-state index contributed by atoms with van der Waals surface area (Å²) in [6.07, 6.45) is 3.37. The molecule has 126 valence electrons. The highest BCUT2D eigenvalue weighted by Gasteiger charge is 2.49. The first-order chi connectivity index (χ1) is 10.9. The van der Waals surface area contributed by atoms with Crippen molar-refractivity contribution in [3.05, 3.63) is 32.9 Å². The van der Waals surface area contributed by atoms with Crippen molar-refractivity contribution in [2.24, 2.45) is 5.92 Å². The Morgan fingerprint density at radius 3 is 2.70 bits per heavy atom. The van der Waals surface area contributed by atoms with Gasteiger partial charge in [0, 0.05) is 21.6 Å². The van der Waals surface area contributed by atoms with E-state index in [2.05, 4.69) is 66.6 Å². The molecule has 0 aromatic heterocycles. The zero-order valence-corrected chi connectivity index (χ0v) is 16.5. The second-order valence-electron chi connectivity index (χ2n) is 7.29. The SMILES string of the molecule is COC(=O)[C@@H]1C2CCC(C[C@@H]1c1ccc(C(C)C)c(I)c1)N2C. The monoisotopic (exact) mass is 427 g/mol. The molecule has 4 heteroatoms. The van der Waals surface area contributed by atoms with Crippen molar-refractivity contribution in [3.63, 3.8) is 0 Å². The molecule has 0 radical (unpaired) electrons. The van der Waals surface area contributed by atoms with Crippen LogP contribution in [-0.4, -0.2) is 37.1 Å². The van der Waals surface area contributed by atoms with Gasteiger partial charge in [0.15, 0.2) is 0 Å². The van der Waals surface area contributed by atoms with E-state index in [1.165, 1.54) is 28.2 Å². The largest absolute Gasteiger partial charge is 0.469 e. The molecule has 2 aliphatic rings. The van der Waals surface area contributed by atoms with E-state index < -0.39 is 0 Å². The van der Waals surface area contributed by atoms with Gasteiger partial charge >= 0.3 is 5.97 Å². The molecule has 2 fully saturated rings. The molecular formula is C19H26INO2. The van der Waals surface area contributed by atoms with Crippen molar-refractivity contribution in [2.45, 2.75) is 57.0 Å². The first kappa shape index (κ1) is 17.2. The molecule has 2 bridgehead atoms. The maximum atomic E-state index is 12.5. The number of hydrogen-bond donors (Lipinski definition) is 0. The standard InChI is InChI=1S/C19H26INO2/c1-11(2)14-7-5-12(9-16(14)20)15-10-13-6-8-17(21(13)3)18(15)19(22)23-4/h5,7,9,11,13,15,17-18H,6,8,10H2,1-4H3/t13?,15-,17?,18+/m1/s1. The molecule has 0 saturated carbocycles. The van der Waals surface area contributed by atoms with E-state index in [1.807, 2.05) is 0 Å². The number of nitrogens with zero attached hydrogens (tertiary/aromatic N) is 1. The summed E-state index contributed by atoms with van der Waals surface area (Å²) >= 11 is 2.43. The third kappa shape index (κ3) is 3.04. The molecule has 0 N–H and O–H groups in total. The Labute approximate surface area is 152 Å². The van der Waals surface area contributed by atoms with Crippen molar-refractivity contribution in [3.8, 4) is 0 Å². The van der Waals surface area contributed by atoms with Gasteiger partial charge in [-0.05, 0) is 72.0 Å². The predicted octanol–water partition coefficient (Wildman–Crippen LogP) is 4.15. The summed E-state index contributed by atoms with van der Waals surface area (Å²) < 4.78 is 6.48. The second-order valence-corrected chi connectivity index (χ2v) is 8.45. The summed E-state index contributed by atoms with van der Waals surface area (Å²) in [5.41, 5.74) is 2.69. The Morgan fingerprint density at radius 2 is 2.09 bits per heavy atom. The minimum absolute atomic E-state index is 0.0375. The number of esters is 1. The number of carbonyl (C=O) groups is 1. The summed E-state index contributed by atoms with van der Waals surface area (Å²) in [5, 5.41) is 0. The lowest BCUT2D eigenvalue weighted by atomic mass is 9.76. The molecule has 2 aliphatic heterocycles. The van der Waals surface area contributed by atoms with E-state index in [4.69, 9.17) is 4.74 Å². The quantitative estimate of drug-likeness (QED) is 0.536. The van der Waals surface area contributed by atoms with Crippen molar-refractivity contribution < 1.29 is 9.53 Å². The number of piperidine rings is 1. The molecule has 1 aromatic rings. The number of hydrogen-bond acceptors (Lipinski definition) is 3. The molecule has 23 heavy (non-hydrogen) atoms. The van der Waals surface area contributed by atoms with Crippen LogP contribution in [0.25, 0.3) is 0 Å². The van der Waals surface area contributed by atoms with E-state index in [0.29, 0.717) is 18.0 Å². The summed E-state index contributed by atoms with van der Waals surface area (Å²) in [6.45, 7) is 4.45. The third-order valence-corrected chi connectivity index (χ3v) is 6.75. The van der Waals surface area contributed by atoms with Gasteiger partial charge < -0.3 is 4.74 Å². The van der Waals surface area contributed by atoms with E-state index >= 15 is 0 Å². The molecule has 0 spiro atoms. The molecule has 0 aliphatic carbocycles. The van der Waals surface area contributed by atoms with Crippen molar-refractivity contribution >= 4 is 28.6 Å². The lowest BCUT2D eigenvalue weighted by molar-refractivity contribution is -0.150. The number of carbonyl (C=O) groups excluding carboxylic acids is 1. The zero-order chi connectivity index (χ0) is 16.7. The average Bonchev–Trinajstić information content (AvgIpc) is 2.76. The lowest BCUT2D eigenvalue weighted by Crippen LogP contribution is -2.49. The van der Waals surface area contributed by atoms with Crippen molar-refractivity contribution in [2.75, 3.05) is 14.2 Å². The average molecular weight is 427 g/mol. The smallest absolute Gasteiger partial charge is 0.310 e. The maximum Gasteiger partial charge on any atom is 0.310 e. The number of rotatable bonds is 3. The summed E-state index contributed by atoms with van der Waals surface area (Å²) in [7, 11) is 3.69. The first-order valence-electron chi connectivity index (χ1n) is 8.53. The molecule has 3 rings (SSSR count). The number of halogens is 1. The number of benzene rings is 1. The van der Waals surface area contributed by atoms with Crippen LogP contribution >= 0.6 is 22.6 Å². The zero-order valence-electron chi connectivity index (χ0n) is 14.4. The van der Waals surface area contributed by atoms with Crippen LogP contribution in [0.1, 0.15) is 56.1 Å². The van der Waals surface area contributed by atoms with Crippen LogP contribution in [0, 0.1) is 9.49 Å². The van der Waals surface area contributed by atoms with Crippen LogP contribution in [0.5, 0.6) is 0 Å². The van der Waals surface area contributed by atoms with Gasteiger partial charge in [-0.1, -0.05) is 26.0 Å². The van der Waals surface area contributed by atoms with Gasteiger partial charge in [0.05, 0.1) is 13.0 Å². The van der Waals surface area contributed by atoms with Crippen LogP contribution in [0.2, 0.25) is 0 Å². The molecule has 1 aromatic carbocycles. The Hall–Kier alpha value is -0.620. The minimum atomic E-state index is -0.0462. The van der Waals surface area contributed by atoms with Crippen LogP contribution in [0.3, 0.4) is 0 Å². The maximum absolute atomic E-state index is 12.5. The van der Waals surface area contributed by atoms with E-state index in [1.54, 1.807) is 0 Å². The minimum Gasteiger partial charge on any atom is -0.469 e. The van der Waals surface area contributed by atoms with E-state index in [9.17, 15) is 4.79 Å². The molecule has 2 heterocycles. The van der Waals surface area contributed by atoms with Gasteiger partial charge in [-0.15, -0.1) is 0 Å². The van der Waals surface area contributed by atoms with Crippen molar-refractivity contribution in [1.29, 1.82) is 0 Å². The molecule has 0 amide bonds. The molecule has 2 saturated heterocycles. The summed E-state index contributed by atoms with van der Waals surface area (Å²) in [6, 6.07) is 7.71. The topological polar surface area (TPSA) is 29.5 Å². The fourth-order valence-electron chi connectivity index (χ4n) is 4.51. The van der Waals surface area contributed by atoms with Gasteiger partial charge in [0.1, 0.15) is 0 Å². The summed E-state index contributed by atoms with van der Waals surface area (Å²) in [5.74, 6) is 0.728. The molecule has 2 unspecified atom stereocenters. The summed E-state index contributed by atoms with van der Waals surface area (Å²) in [4.78, 5) is 14.9. The Bertz CT molecular complexity index is 601. The Morgan fingerprint density at radius 1 is 1.35 bits per heavy atom. The van der Waals surface area contributed by atoms with E-state index in [0.717, 1.165) is 12.8 Å². The number of methoxy groups -OCH3 is 1. The van der Waals surface area contributed by atoms with Crippen LogP contribution < -0.4 is 0 Å². The van der Waals surface area contributed by atoms with Gasteiger partial charge in [-0.2, -0.15) is 0 Å². The Balaban J connectivity index is 1.96. The van der Waals surface area contributed by atoms with Gasteiger partial charge in [-0.3, -0.25) is 9.69 Å². The number of fused-ring (bicyclic) bond motifs is 2. The van der Waals surface area contributed by atoms with Gasteiger partial charge in [0.25, 0.3) is 0 Å². The Kier molecular flexibility index (Phi) is 5.02.